The Balaban J connectivity index is 1.33. The van der Waals surface area contributed by atoms with E-state index in [1.165, 1.54) is 28.4 Å². The van der Waals surface area contributed by atoms with Crippen LogP contribution >= 0.6 is 23.5 Å². The van der Waals surface area contributed by atoms with Gasteiger partial charge in [0.15, 0.2) is 0 Å². The van der Waals surface area contributed by atoms with E-state index in [1.54, 1.807) is 11.8 Å². The molecule has 14 heteroatoms. The number of hydrogen-bond donors (Lipinski definition) is 5. The lowest BCUT2D eigenvalue weighted by atomic mass is 9.79. The Hall–Kier alpha value is -1.84. The number of aliphatic carboxylic acids is 1. The van der Waals surface area contributed by atoms with Gasteiger partial charge in [0.1, 0.15) is 5.70 Å². The summed E-state index contributed by atoms with van der Waals surface area (Å²) in [6.45, 7) is 9.19. The third-order valence-corrected chi connectivity index (χ3v) is 11.0. The molecule has 12 nitrogen and oxygen atoms in total. The third-order valence-electron chi connectivity index (χ3n) is 8.25. The SMILES string of the molecule is CCSC(C(=O)NCC(=O)N1CCN(CCO)CC1)[C@@H]1C[C@H](SC2=C(C(=O)O)N3C(=O)[C@H]([C@@H](C)O)[C@H]3[C@H]2C)CN1. The fourth-order valence-corrected chi connectivity index (χ4v) is 8.73. The fourth-order valence-electron chi connectivity index (χ4n) is 6.20. The molecule has 4 rings (SSSR count). The van der Waals surface area contributed by atoms with Crippen LogP contribution in [0.25, 0.3) is 0 Å². The summed E-state index contributed by atoms with van der Waals surface area (Å²) in [6.07, 6.45) is -0.209. The number of nitrogens with zero attached hydrogens (tertiary/aromatic N) is 3. The third kappa shape index (κ3) is 6.31. The number of carbonyl (C=O) groups is 4. The van der Waals surface area contributed by atoms with Gasteiger partial charge < -0.3 is 35.8 Å². The molecule has 224 valence electrons. The van der Waals surface area contributed by atoms with E-state index < -0.39 is 23.2 Å². The molecule has 0 spiro atoms. The molecule has 0 aromatic rings. The molecule has 3 amide bonds. The number of nitrogens with one attached hydrogen (secondary N) is 2. The Bertz CT molecular complexity index is 1020. The lowest BCUT2D eigenvalue weighted by Gasteiger charge is -2.46. The summed E-state index contributed by atoms with van der Waals surface area (Å²) in [4.78, 5) is 56.5. The lowest BCUT2D eigenvalue weighted by Crippen LogP contribution is -2.63. The highest BCUT2D eigenvalue weighted by Gasteiger charge is 2.60. The summed E-state index contributed by atoms with van der Waals surface area (Å²) in [7, 11) is 0. The predicted molar refractivity (Wildman–Crippen MR) is 152 cm³/mol. The number of fused-ring (bicyclic) bond motifs is 1. The maximum absolute atomic E-state index is 13.2. The van der Waals surface area contributed by atoms with E-state index in [2.05, 4.69) is 15.5 Å². The minimum absolute atomic E-state index is 0.0141. The van der Waals surface area contributed by atoms with Crippen molar-refractivity contribution in [2.45, 2.75) is 55.9 Å². The van der Waals surface area contributed by atoms with Gasteiger partial charge in [-0.05, 0) is 19.1 Å². The first kappa shape index (κ1) is 31.1. The first-order chi connectivity index (χ1) is 19.1. The van der Waals surface area contributed by atoms with Gasteiger partial charge in [-0.2, -0.15) is 0 Å². The Morgan fingerprint density at radius 1 is 1.20 bits per heavy atom. The standard InChI is InChI=1S/C26H41N5O7S2/c1-4-39-23(24(35)28-13-18(34)30-7-5-29(6-8-30)9-10-32)17-11-16(12-27-17)40-22-14(2)20-19(15(3)33)25(36)31(20)21(22)26(37)38/h14-17,19-20,23,27,32-33H,4-13H2,1-3H3,(H,28,35)(H,37,38)/t14-,15-,16+,17+,19-,20-,23?/m1/s1. The number of aliphatic hydroxyl groups excluding tert-OH is 2. The summed E-state index contributed by atoms with van der Waals surface area (Å²) in [5.41, 5.74) is 0.0146. The molecule has 3 saturated heterocycles. The highest BCUT2D eigenvalue weighted by Crippen LogP contribution is 2.52. The van der Waals surface area contributed by atoms with Crippen LogP contribution in [0.3, 0.4) is 0 Å². The second-order valence-corrected chi connectivity index (χ2v) is 13.6. The van der Waals surface area contributed by atoms with E-state index in [1.807, 2.05) is 13.8 Å². The average molecular weight is 600 g/mol. The van der Waals surface area contributed by atoms with Crippen LogP contribution in [0.5, 0.6) is 0 Å². The van der Waals surface area contributed by atoms with Crippen LogP contribution in [-0.4, -0.2) is 141 Å². The first-order valence-corrected chi connectivity index (χ1v) is 15.9. The number of β-lactam (4-membered cyclic amide) rings is 1. The molecule has 0 aliphatic carbocycles. The van der Waals surface area contributed by atoms with Crippen molar-refractivity contribution < 1.29 is 34.5 Å². The number of carbonyl (C=O) groups excluding carboxylic acids is 3. The summed E-state index contributed by atoms with van der Waals surface area (Å²) in [5.74, 6) is -1.89. The molecule has 4 aliphatic heterocycles. The minimum atomic E-state index is -1.14. The zero-order valence-corrected chi connectivity index (χ0v) is 24.9. The van der Waals surface area contributed by atoms with E-state index >= 15 is 0 Å². The Morgan fingerprint density at radius 2 is 1.90 bits per heavy atom. The Morgan fingerprint density at radius 3 is 2.50 bits per heavy atom. The van der Waals surface area contributed by atoms with Gasteiger partial charge in [0.05, 0.1) is 36.5 Å². The topological polar surface area (TPSA) is 163 Å². The second kappa shape index (κ2) is 13.4. The summed E-state index contributed by atoms with van der Waals surface area (Å²) in [6, 6.07) is -0.496. The molecule has 0 radical (unpaired) electrons. The molecule has 7 atom stereocenters. The number of β-amino-alcohol motifs (C(OH)–C–C–N with tert-alkyl or cyclic N) is 1. The number of carboxylic acid groups (broad SMARTS) is 1. The van der Waals surface area contributed by atoms with Gasteiger partial charge in [-0.1, -0.05) is 13.8 Å². The summed E-state index contributed by atoms with van der Waals surface area (Å²) < 4.78 is 0. The largest absolute Gasteiger partial charge is 0.477 e. The number of aliphatic hydroxyl groups is 2. The van der Waals surface area contributed by atoms with Gasteiger partial charge in [0, 0.05) is 61.4 Å². The van der Waals surface area contributed by atoms with Crippen LogP contribution in [0.1, 0.15) is 27.2 Å². The van der Waals surface area contributed by atoms with Crippen molar-refractivity contribution in [2.24, 2.45) is 11.8 Å². The van der Waals surface area contributed by atoms with E-state index in [4.69, 9.17) is 5.11 Å². The number of carboxylic acids is 1. The van der Waals surface area contributed by atoms with Gasteiger partial charge in [0.2, 0.25) is 17.7 Å². The second-order valence-electron chi connectivity index (χ2n) is 10.8. The van der Waals surface area contributed by atoms with Crippen molar-refractivity contribution in [1.82, 2.24) is 25.3 Å². The molecular formula is C26H41N5O7S2. The number of rotatable bonds is 12. The lowest BCUT2D eigenvalue weighted by molar-refractivity contribution is -0.163. The van der Waals surface area contributed by atoms with E-state index in [0.717, 1.165) is 5.75 Å². The van der Waals surface area contributed by atoms with E-state index in [-0.39, 0.29) is 59.8 Å². The van der Waals surface area contributed by atoms with Crippen LogP contribution in [0.15, 0.2) is 10.6 Å². The molecule has 0 bridgehead atoms. The van der Waals surface area contributed by atoms with Gasteiger partial charge in [-0.3, -0.25) is 19.3 Å². The highest BCUT2D eigenvalue weighted by atomic mass is 32.2. The average Bonchev–Trinajstić information content (AvgIpc) is 3.47. The normalized spacial score (nSPS) is 30.2. The van der Waals surface area contributed by atoms with E-state index in [0.29, 0.717) is 50.6 Å². The van der Waals surface area contributed by atoms with Crippen molar-refractivity contribution in [1.29, 1.82) is 0 Å². The molecule has 0 aromatic heterocycles. The van der Waals surface area contributed by atoms with Gasteiger partial charge in [-0.25, -0.2) is 4.79 Å². The van der Waals surface area contributed by atoms with Crippen LogP contribution < -0.4 is 10.6 Å². The molecular weight excluding hydrogens is 558 g/mol. The van der Waals surface area contributed by atoms with Gasteiger partial charge in [0.25, 0.3) is 0 Å². The van der Waals surface area contributed by atoms with Crippen molar-refractivity contribution in [3.05, 3.63) is 10.6 Å². The molecule has 1 unspecified atom stereocenters. The molecule has 4 aliphatic rings. The van der Waals surface area contributed by atoms with Crippen molar-refractivity contribution in [3.63, 3.8) is 0 Å². The number of piperazine rings is 1. The summed E-state index contributed by atoms with van der Waals surface area (Å²) >= 11 is 2.97. The molecule has 0 aromatic carbocycles. The Labute approximate surface area is 243 Å². The number of amides is 3. The molecule has 3 fully saturated rings. The molecule has 0 saturated carbocycles. The molecule has 40 heavy (non-hydrogen) atoms. The van der Waals surface area contributed by atoms with Gasteiger partial charge >= 0.3 is 5.97 Å². The summed E-state index contributed by atoms with van der Waals surface area (Å²) in [5, 5.41) is 35.0. The van der Waals surface area contributed by atoms with Crippen LogP contribution in [-0.2, 0) is 19.2 Å². The van der Waals surface area contributed by atoms with Crippen molar-refractivity contribution >= 4 is 47.2 Å². The van der Waals surface area contributed by atoms with Crippen molar-refractivity contribution in [2.75, 3.05) is 58.2 Å². The number of hydrogen-bond acceptors (Lipinski definition) is 10. The Kier molecular flexibility index (Phi) is 10.4. The fraction of sp³-hybridized carbons (Fsp3) is 0.769. The van der Waals surface area contributed by atoms with Crippen LogP contribution in [0, 0.1) is 11.8 Å². The zero-order valence-electron chi connectivity index (χ0n) is 23.2. The smallest absolute Gasteiger partial charge is 0.353 e. The maximum atomic E-state index is 13.2. The van der Waals surface area contributed by atoms with E-state index in [9.17, 15) is 29.4 Å². The number of thioether (sulfide) groups is 2. The molecule has 4 heterocycles. The molecule has 5 N–H and O–H groups in total. The first-order valence-electron chi connectivity index (χ1n) is 14.0. The van der Waals surface area contributed by atoms with Crippen LogP contribution in [0.4, 0.5) is 0 Å². The maximum Gasteiger partial charge on any atom is 0.353 e. The minimum Gasteiger partial charge on any atom is -0.477 e. The quantitative estimate of drug-likeness (QED) is 0.175. The zero-order chi connectivity index (χ0) is 29.1. The highest BCUT2D eigenvalue weighted by molar-refractivity contribution is 8.03. The predicted octanol–water partition coefficient (Wildman–Crippen LogP) is -1.02. The van der Waals surface area contributed by atoms with Crippen molar-refractivity contribution in [3.8, 4) is 0 Å². The monoisotopic (exact) mass is 599 g/mol. The van der Waals surface area contributed by atoms with Gasteiger partial charge in [-0.15, -0.1) is 23.5 Å². The van der Waals surface area contributed by atoms with Crippen LogP contribution in [0.2, 0.25) is 0 Å².